The molecule has 0 aliphatic rings. The zero-order valence-electron chi connectivity index (χ0n) is 11.1. The highest BCUT2D eigenvalue weighted by Crippen LogP contribution is 2.21. The van der Waals surface area contributed by atoms with Crippen LogP contribution in [0.1, 0.15) is 30.8 Å². The maximum Gasteiger partial charge on any atom is 0.0635 e. The maximum atomic E-state index is 9.35. The molecule has 1 aromatic heterocycles. The van der Waals surface area contributed by atoms with Crippen LogP contribution in [-0.2, 0) is 6.54 Å². The zero-order chi connectivity index (χ0) is 13.0. The van der Waals surface area contributed by atoms with Crippen molar-refractivity contribution in [1.82, 2.24) is 4.98 Å². The molecule has 1 aromatic rings. The largest absolute Gasteiger partial charge is 0.394 e. The number of hydrogen-bond donors (Lipinski definition) is 3. The third-order valence-corrected chi connectivity index (χ3v) is 3.01. The number of hydrogen-bond acceptors (Lipinski definition) is 4. The quantitative estimate of drug-likeness (QED) is 0.727. The molecule has 0 aliphatic heterocycles. The highest BCUT2D eigenvalue weighted by Gasteiger charge is 2.15. The summed E-state index contributed by atoms with van der Waals surface area (Å²) in [7, 11) is 0. The predicted octanol–water partition coefficient (Wildman–Crippen LogP) is 1.59. The molecule has 0 aromatic carbocycles. The number of aliphatic hydroxyl groups excluding tert-OH is 1. The Balaban J connectivity index is 3.04. The van der Waals surface area contributed by atoms with Crippen LogP contribution < -0.4 is 11.1 Å². The molecule has 0 aliphatic carbocycles. The van der Waals surface area contributed by atoms with Crippen LogP contribution in [-0.4, -0.2) is 22.7 Å². The van der Waals surface area contributed by atoms with Crippen LogP contribution in [0, 0.1) is 19.8 Å². The average molecular weight is 237 g/mol. The molecular weight excluding hydrogens is 214 g/mol. The van der Waals surface area contributed by atoms with Gasteiger partial charge in [-0.25, -0.2) is 0 Å². The van der Waals surface area contributed by atoms with Gasteiger partial charge in [-0.3, -0.25) is 4.98 Å². The number of nitrogens with zero attached hydrogens (tertiary/aromatic N) is 1. The predicted molar refractivity (Wildman–Crippen MR) is 70.9 cm³/mol. The van der Waals surface area contributed by atoms with Crippen LogP contribution >= 0.6 is 0 Å². The maximum absolute atomic E-state index is 9.35. The van der Waals surface area contributed by atoms with E-state index in [1.165, 1.54) is 0 Å². The van der Waals surface area contributed by atoms with Gasteiger partial charge in [0.1, 0.15) is 0 Å². The van der Waals surface area contributed by atoms with Crippen LogP contribution in [0.5, 0.6) is 0 Å². The Kier molecular flexibility index (Phi) is 4.90. The van der Waals surface area contributed by atoms with Gasteiger partial charge >= 0.3 is 0 Å². The van der Waals surface area contributed by atoms with E-state index in [0.29, 0.717) is 12.5 Å². The molecule has 1 heterocycles. The van der Waals surface area contributed by atoms with Crippen LogP contribution in [0.3, 0.4) is 0 Å². The Morgan fingerprint density at radius 3 is 2.53 bits per heavy atom. The van der Waals surface area contributed by atoms with E-state index in [9.17, 15) is 5.11 Å². The molecule has 0 bridgehead atoms. The highest BCUT2D eigenvalue weighted by molar-refractivity contribution is 5.54. The molecule has 0 spiro atoms. The van der Waals surface area contributed by atoms with Gasteiger partial charge in [-0.15, -0.1) is 0 Å². The minimum atomic E-state index is 0.0431. The molecule has 0 radical (unpaired) electrons. The lowest BCUT2D eigenvalue weighted by molar-refractivity contribution is 0.249. The van der Waals surface area contributed by atoms with E-state index in [-0.39, 0.29) is 12.6 Å². The lowest BCUT2D eigenvalue weighted by Gasteiger charge is -2.23. The zero-order valence-corrected chi connectivity index (χ0v) is 11.1. The van der Waals surface area contributed by atoms with Crippen molar-refractivity contribution < 1.29 is 5.11 Å². The summed E-state index contributed by atoms with van der Waals surface area (Å²) in [6.07, 6.45) is 0. The Morgan fingerprint density at radius 1 is 1.41 bits per heavy atom. The van der Waals surface area contributed by atoms with Crippen LogP contribution in [0.15, 0.2) is 6.07 Å². The molecule has 0 saturated heterocycles. The number of aromatic nitrogens is 1. The number of aryl methyl sites for hydroxylation is 2. The van der Waals surface area contributed by atoms with Gasteiger partial charge in [-0.1, -0.05) is 13.8 Å². The third kappa shape index (κ3) is 3.41. The van der Waals surface area contributed by atoms with E-state index in [4.69, 9.17) is 5.73 Å². The molecule has 4 nitrogen and oxygen atoms in total. The number of anilines is 1. The molecule has 4 N–H and O–H groups in total. The Hall–Kier alpha value is -1.13. The number of rotatable bonds is 5. The van der Waals surface area contributed by atoms with Gasteiger partial charge in [0.05, 0.1) is 12.6 Å². The Labute approximate surface area is 103 Å². The van der Waals surface area contributed by atoms with Crippen molar-refractivity contribution in [3.8, 4) is 0 Å². The summed E-state index contributed by atoms with van der Waals surface area (Å²) in [6.45, 7) is 8.65. The molecule has 1 atom stereocenters. The molecule has 0 fully saturated rings. The second kappa shape index (κ2) is 5.98. The van der Waals surface area contributed by atoms with Gasteiger partial charge in [0.15, 0.2) is 0 Å². The molecule has 17 heavy (non-hydrogen) atoms. The van der Waals surface area contributed by atoms with Crippen molar-refractivity contribution in [2.24, 2.45) is 11.7 Å². The lowest BCUT2D eigenvalue weighted by atomic mass is 10.0. The standard InChI is InChI=1S/C13H23N3O/c1-8(2)13(7-17)16-12-5-9(3)15-10(4)11(12)6-14/h5,8,13,17H,6-7,14H2,1-4H3,(H,15,16)/t13-/m1/s1. The molecule has 0 unspecified atom stereocenters. The minimum absolute atomic E-state index is 0.0431. The summed E-state index contributed by atoms with van der Waals surface area (Å²) < 4.78 is 0. The average Bonchev–Trinajstić information content (AvgIpc) is 2.24. The van der Waals surface area contributed by atoms with Gasteiger partial charge in [0.2, 0.25) is 0 Å². The topological polar surface area (TPSA) is 71.2 Å². The summed E-state index contributed by atoms with van der Waals surface area (Å²) in [5.41, 5.74) is 9.68. The summed E-state index contributed by atoms with van der Waals surface area (Å²) in [5.74, 6) is 0.361. The Morgan fingerprint density at radius 2 is 2.06 bits per heavy atom. The molecule has 1 rings (SSSR count). The minimum Gasteiger partial charge on any atom is -0.394 e. The molecule has 96 valence electrons. The smallest absolute Gasteiger partial charge is 0.0635 e. The highest BCUT2D eigenvalue weighted by atomic mass is 16.3. The number of aliphatic hydroxyl groups is 1. The van der Waals surface area contributed by atoms with Crippen molar-refractivity contribution in [2.75, 3.05) is 11.9 Å². The van der Waals surface area contributed by atoms with Crippen LogP contribution in [0.4, 0.5) is 5.69 Å². The molecule has 0 amide bonds. The Bertz CT molecular complexity index is 377. The van der Waals surface area contributed by atoms with E-state index < -0.39 is 0 Å². The van der Waals surface area contributed by atoms with Gasteiger partial charge in [0, 0.05) is 29.2 Å². The second-order valence-corrected chi connectivity index (χ2v) is 4.76. The summed E-state index contributed by atoms with van der Waals surface area (Å²) in [5, 5.41) is 12.7. The van der Waals surface area contributed by atoms with Crippen molar-refractivity contribution >= 4 is 5.69 Å². The van der Waals surface area contributed by atoms with E-state index in [1.807, 2.05) is 19.9 Å². The first-order valence-electron chi connectivity index (χ1n) is 6.04. The van der Waals surface area contributed by atoms with Crippen LogP contribution in [0.25, 0.3) is 0 Å². The van der Waals surface area contributed by atoms with Crippen molar-refractivity contribution in [2.45, 2.75) is 40.3 Å². The number of nitrogens with one attached hydrogen (secondary N) is 1. The molecule has 0 saturated carbocycles. The van der Waals surface area contributed by atoms with Crippen molar-refractivity contribution in [3.05, 3.63) is 23.0 Å². The van der Waals surface area contributed by atoms with Gasteiger partial charge in [-0.05, 0) is 25.8 Å². The van der Waals surface area contributed by atoms with Crippen molar-refractivity contribution in [3.63, 3.8) is 0 Å². The fourth-order valence-corrected chi connectivity index (χ4v) is 1.86. The van der Waals surface area contributed by atoms with Crippen LogP contribution in [0.2, 0.25) is 0 Å². The van der Waals surface area contributed by atoms with Gasteiger partial charge < -0.3 is 16.2 Å². The first-order chi connectivity index (χ1) is 7.99. The van der Waals surface area contributed by atoms with Crippen molar-refractivity contribution in [1.29, 1.82) is 0 Å². The van der Waals surface area contributed by atoms with E-state index in [0.717, 1.165) is 22.6 Å². The number of pyridine rings is 1. The summed E-state index contributed by atoms with van der Waals surface area (Å²) >= 11 is 0. The van der Waals surface area contributed by atoms with Gasteiger partial charge in [-0.2, -0.15) is 0 Å². The lowest BCUT2D eigenvalue weighted by Crippen LogP contribution is -2.30. The number of nitrogens with two attached hydrogens (primary N) is 1. The van der Waals surface area contributed by atoms with E-state index in [1.54, 1.807) is 0 Å². The van der Waals surface area contributed by atoms with E-state index >= 15 is 0 Å². The molecule has 4 heteroatoms. The first-order valence-corrected chi connectivity index (χ1v) is 6.04. The normalized spacial score (nSPS) is 12.9. The second-order valence-electron chi connectivity index (χ2n) is 4.76. The first kappa shape index (κ1) is 13.9. The van der Waals surface area contributed by atoms with Gasteiger partial charge in [0.25, 0.3) is 0 Å². The third-order valence-electron chi connectivity index (χ3n) is 3.01. The fraction of sp³-hybridized carbons (Fsp3) is 0.615. The molecular formula is C13H23N3O. The monoisotopic (exact) mass is 237 g/mol. The SMILES string of the molecule is Cc1cc(N[C@H](CO)C(C)C)c(CN)c(C)n1. The summed E-state index contributed by atoms with van der Waals surface area (Å²) in [6, 6.07) is 2.03. The summed E-state index contributed by atoms with van der Waals surface area (Å²) in [4.78, 5) is 4.40. The van der Waals surface area contributed by atoms with E-state index in [2.05, 4.69) is 24.1 Å². The fourth-order valence-electron chi connectivity index (χ4n) is 1.86.